The Balaban J connectivity index is 1.11. The number of hydrogen-bond acceptors (Lipinski definition) is 7. The Kier molecular flexibility index (Phi) is 12.6. The van der Waals surface area contributed by atoms with Gasteiger partial charge < -0.3 is 24.0 Å². The van der Waals surface area contributed by atoms with Crippen LogP contribution in [0.1, 0.15) is 158 Å². The first kappa shape index (κ1) is 57.7. The highest BCUT2D eigenvalue weighted by molar-refractivity contribution is 7.39. The summed E-state index contributed by atoms with van der Waals surface area (Å²) in [6, 6.07) is 66.3. The summed E-state index contributed by atoms with van der Waals surface area (Å²) in [5.74, 6) is 0. The van der Waals surface area contributed by atoms with Gasteiger partial charge in [-0.05, 0) is 179 Å². The van der Waals surface area contributed by atoms with E-state index in [1.165, 1.54) is 114 Å². The molecule has 8 aromatic carbocycles. The molecular weight excluding hydrogens is 1120 g/mol. The third-order valence-corrected chi connectivity index (χ3v) is 22.1. The number of fused-ring (bicyclic) bond motifs is 13. The van der Waals surface area contributed by atoms with Crippen LogP contribution in [0.25, 0.3) is 21.1 Å². The molecule has 0 N–H and O–H groups in total. The molecule has 89 heavy (non-hydrogen) atoms. The third kappa shape index (κ3) is 8.97. The van der Waals surface area contributed by atoms with Crippen LogP contribution in [0.4, 0.5) is 67.6 Å². The lowest BCUT2D eigenvalue weighted by Gasteiger charge is -2.45. The van der Waals surface area contributed by atoms with Crippen LogP contribution in [-0.2, 0) is 32.5 Å². The average molecular weight is 1200 g/mol. The van der Waals surface area contributed by atoms with Crippen molar-refractivity contribution in [1.82, 2.24) is 0 Å². The molecular formula is C80H82B2N4OS2. The fourth-order valence-electron chi connectivity index (χ4n) is 14.5. The second kappa shape index (κ2) is 19.4. The van der Waals surface area contributed by atoms with Crippen molar-refractivity contribution in [2.45, 2.75) is 157 Å². The van der Waals surface area contributed by atoms with Gasteiger partial charge in [0, 0.05) is 65.1 Å². The van der Waals surface area contributed by atoms with Gasteiger partial charge in [0.25, 0.3) is 6.71 Å². The van der Waals surface area contributed by atoms with E-state index in [0.29, 0.717) is 0 Å². The molecule has 4 aliphatic heterocycles. The second-order valence-corrected chi connectivity index (χ2v) is 34.0. The zero-order valence-electron chi connectivity index (χ0n) is 55.3. The van der Waals surface area contributed by atoms with Crippen LogP contribution >= 0.6 is 22.7 Å². The number of furan rings is 1. The van der Waals surface area contributed by atoms with Gasteiger partial charge in [-0.1, -0.05) is 203 Å². The molecule has 0 radical (unpaired) electrons. The summed E-state index contributed by atoms with van der Waals surface area (Å²) in [7, 11) is 0. The molecule has 0 saturated heterocycles. The van der Waals surface area contributed by atoms with E-state index in [1.807, 2.05) is 22.7 Å². The number of para-hydroxylation sites is 1. The van der Waals surface area contributed by atoms with Gasteiger partial charge in [-0.25, -0.2) is 0 Å². The Hall–Kier alpha value is -7.71. The van der Waals surface area contributed by atoms with E-state index in [0.717, 1.165) is 39.4 Å². The van der Waals surface area contributed by atoms with Crippen LogP contribution in [0, 0.1) is 0 Å². The molecule has 0 atom stereocenters. The van der Waals surface area contributed by atoms with Crippen molar-refractivity contribution >= 4 is 156 Å². The van der Waals surface area contributed by atoms with E-state index in [9.17, 15) is 0 Å². The third-order valence-electron chi connectivity index (χ3n) is 19.6. The van der Waals surface area contributed by atoms with Gasteiger partial charge in [-0.15, -0.1) is 11.3 Å². The molecule has 4 aliphatic rings. The Labute approximate surface area is 537 Å². The largest absolute Gasteiger partial charge is 0.468 e. The Morgan fingerprint density at radius 3 is 1.07 bits per heavy atom. The highest BCUT2D eigenvalue weighted by Crippen LogP contribution is 2.56. The summed E-state index contributed by atoms with van der Waals surface area (Å²) in [6.45, 7) is 41.8. The van der Waals surface area contributed by atoms with Crippen molar-refractivity contribution in [2.75, 3.05) is 19.6 Å². The second-order valence-electron chi connectivity index (χ2n) is 31.9. The molecule has 0 fully saturated rings. The quantitative estimate of drug-likeness (QED) is 0.164. The van der Waals surface area contributed by atoms with Crippen LogP contribution in [0.2, 0.25) is 0 Å². The molecule has 0 amide bonds. The Bertz CT molecular complexity index is 4680. The minimum absolute atomic E-state index is 0.00599. The summed E-state index contributed by atoms with van der Waals surface area (Å²) < 4.78 is 11.6. The molecule has 15 rings (SSSR count). The molecule has 0 bridgehead atoms. The van der Waals surface area contributed by atoms with Gasteiger partial charge in [-0.2, -0.15) is 11.3 Å². The summed E-state index contributed by atoms with van der Waals surface area (Å²) in [6.07, 6.45) is 0. The number of nitrogens with zero attached hydrogens (tertiary/aromatic N) is 4. The maximum atomic E-state index is 7.63. The van der Waals surface area contributed by atoms with E-state index < -0.39 is 0 Å². The van der Waals surface area contributed by atoms with Crippen LogP contribution in [-0.4, -0.2) is 13.4 Å². The van der Waals surface area contributed by atoms with Crippen molar-refractivity contribution < 1.29 is 4.42 Å². The van der Waals surface area contributed by atoms with Gasteiger partial charge >= 0.3 is 6.71 Å². The average Bonchev–Trinajstić information content (AvgIpc) is 1.59. The van der Waals surface area contributed by atoms with E-state index in [-0.39, 0.29) is 45.9 Å². The molecule has 0 saturated carbocycles. The number of rotatable bonds is 4. The summed E-state index contributed by atoms with van der Waals surface area (Å²) >= 11 is 3.96. The van der Waals surface area contributed by atoms with Crippen molar-refractivity contribution in [3.63, 3.8) is 0 Å². The number of thiophene rings is 2. The van der Waals surface area contributed by atoms with Crippen molar-refractivity contribution in [3.05, 3.63) is 203 Å². The predicted octanol–water partition coefficient (Wildman–Crippen LogP) is 19.7. The van der Waals surface area contributed by atoms with Crippen LogP contribution in [0.3, 0.4) is 0 Å². The fourth-order valence-corrected chi connectivity index (χ4v) is 17.2. The zero-order valence-corrected chi connectivity index (χ0v) is 57.0. The first-order valence-electron chi connectivity index (χ1n) is 32.1. The Morgan fingerprint density at radius 1 is 0.315 bits per heavy atom. The molecule has 3 aromatic heterocycles. The zero-order chi connectivity index (χ0) is 62.6. The number of anilines is 12. The highest BCUT2D eigenvalue weighted by atomic mass is 32.1. The molecule has 11 aromatic rings. The molecule has 7 heterocycles. The van der Waals surface area contributed by atoms with Crippen molar-refractivity contribution in [2.24, 2.45) is 0 Å². The lowest BCUT2D eigenvalue weighted by atomic mass is 9.35. The maximum Gasteiger partial charge on any atom is 0.309 e. The fraction of sp³-hybridized carbons (Fsp3) is 0.300. The predicted molar refractivity (Wildman–Crippen MR) is 390 cm³/mol. The summed E-state index contributed by atoms with van der Waals surface area (Å²) in [5, 5.41) is 3.71. The van der Waals surface area contributed by atoms with E-state index >= 15 is 0 Å². The standard InChI is InChI=1S/C80H82B2N4OS2/c1-75(2,3)47-27-35-53(36-28-47)83-60-44-51(79(13,14)15)45-61-67(60)82(71-68(83)57-23-19-21-25-63(57)87-71)73-70(85(61)55-39-31-49(32-40-55)77(7,8)9)69-72(89-73)81-65-58-24-20-22-26-64(58)88-74(65)86(56-41-33-50(34-42-56)78(10,11)12)62-46-52(80(16,17)18)43-59(66(62)81)84(69)54-37-29-48(30-38-54)76(4,5)6/h19-46H,1-18H3. The summed E-state index contributed by atoms with van der Waals surface area (Å²) in [4.78, 5) is 10.6. The smallest absolute Gasteiger partial charge is 0.309 e. The number of hydrogen-bond donors (Lipinski definition) is 0. The van der Waals surface area contributed by atoms with E-state index in [4.69, 9.17) is 4.42 Å². The highest BCUT2D eigenvalue weighted by Gasteiger charge is 2.55. The minimum Gasteiger partial charge on any atom is -0.468 e. The van der Waals surface area contributed by atoms with Gasteiger partial charge in [0.1, 0.15) is 11.2 Å². The lowest BCUT2D eigenvalue weighted by Crippen LogP contribution is -2.60. The van der Waals surface area contributed by atoms with Gasteiger partial charge in [0.2, 0.25) is 0 Å². The van der Waals surface area contributed by atoms with Crippen molar-refractivity contribution in [1.29, 1.82) is 0 Å². The molecule has 446 valence electrons. The van der Waals surface area contributed by atoms with Crippen LogP contribution < -0.4 is 51.2 Å². The molecule has 0 aliphatic carbocycles. The molecule has 0 spiro atoms. The van der Waals surface area contributed by atoms with Crippen molar-refractivity contribution in [3.8, 4) is 0 Å². The van der Waals surface area contributed by atoms with Gasteiger partial charge in [-0.3, -0.25) is 0 Å². The molecule has 0 unspecified atom stereocenters. The number of benzene rings is 8. The SMILES string of the molecule is CC(C)(C)c1ccc(N2c3cc(C(C)(C)C)cc4c3B(c3sc5c(c3N4c3ccc(C(C)(C)C)cc3)N(c3ccc(C(C)(C)C)cc3)c3cc(C(C)(C)C)cc4c3B5c3oc5ccccc5c3N4c3ccc(C(C)(C)C)cc3)c3c2sc2ccccc32)cc1. The molecule has 9 heteroatoms. The monoisotopic (exact) mass is 1200 g/mol. The lowest BCUT2D eigenvalue weighted by molar-refractivity contribution is 0.589. The van der Waals surface area contributed by atoms with Gasteiger partial charge in [0.15, 0.2) is 0 Å². The topological polar surface area (TPSA) is 26.1 Å². The van der Waals surface area contributed by atoms with Crippen LogP contribution in [0.5, 0.6) is 0 Å². The van der Waals surface area contributed by atoms with Crippen LogP contribution in [0.15, 0.2) is 174 Å². The molecule has 5 nitrogen and oxygen atoms in total. The van der Waals surface area contributed by atoms with E-state index in [1.54, 1.807) is 0 Å². The normalized spacial score (nSPS) is 14.7. The summed E-state index contributed by atoms with van der Waals surface area (Å²) in [5.41, 5.74) is 26.2. The van der Waals surface area contributed by atoms with Gasteiger partial charge in [0.05, 0.1) is 22.1 Å². The Morgan fingerprint density at radius 2 is 0.652 bits per heavy atom. The minimum atomic E-state index is -0.254. The first-order valence-corrected chi connectivity index (χ1v) is 33.8. The first-order chi connectivity index (χ1) is 41.9. The maximum absolute atomic E-state index is 7.63. The van der Waals surface area contributed by atoms with E-state index in [2.05, 4.69) is 314 Å².